The van der Waals surface area contributed by atoms with Crippen molar-refractivity contribution >= 4 is 28.8 Å². The Morgan fingerprint density at radius 2 is 1.71 bits per heavy atom. The van der Waals surface area contributed by atoms with Crippen LogP contribution in [0.3, 0.4) is 0 Å². The van der Waals surface area contributed by atoms with Crippen LogP contribution < -0.4 is 0 Å². The molecule has 3 rings (SSSR count). The predicted octanol–water partition coefficient (Wildman–Crippen LogP) is 3.58. The minimum atomic E-state index is -1.67. The molecule has 1 heterocycles. The number of ketones is 1. The summed E-state index contributed by atoms with van der Waals surface area (Å²) in [7, 11) is 0. The Morgan fingerprint density at radius 1 is 1.10 bits per heavy atom. The van der Waals surface area contributed by atoms with Crippen LogP contribution in [0.25, 0.3) is 0 Å². The first kappa shape index (κ1) is 13.6. The van der Waals surface area contributed by atoms with E-state index in [4.69, 9.17) is 11.6 Å². The number of benzene rings is 2. The molecular formula is C14H5ClF3NO2. The Labute approximate surface area is 121 Å². The average molecular weight is 312 g/mol. The second-order valence-electron chi connectivity index (χ2n) is 4.36. The number of nitrogens with zero attached hydrogens (tertiary/aromatic N) is 1. The molecule has 1 aliphatic heterocycles. The Kier molecular flexibility index (Phi) is 2.98. The normalized spacial score (nSPS) is 13.8. The molecule has 0 bridgehead atoms. The van der Waals surface area contributed by atoms with Crippen molar-refractivity contribution in [1.82, 2.24) is 0 Å². The topological polar surface area (TPSA) is 43.1 Å². The van der Waals surface area contributed by atoms with Crippen LogP contribution in [0, 0.1) is 22.7 Å². The molecule has 2 aromatic carbocycles. The van der Waals surface area contributed by atoms with Gasteiger partial charge >= 0.3 is 0 Å². The number of halogens is 4. The molecule has 0 spiro atoms. The van der Waals surface area contributed by atoms with Gasteiger partial charge in [0.15, 0.2) is 17.5 Å². The molecule has 1 aliphatic rings. The van der Waals surface area contributed by atoms with Crippen LogP contribution in [-0.2, 0) is 0 Å². The van der Waals surface area contributed by atoms with E-state index in [1.807, 2.05) is 0 Å². The van der Waals surface area contributed by atoms with Crippen molar-refractivity contribution in [3.05, 3.63) is 69.1 Å². The highest BCUT2D eigenvalue weighted by Gasteiger charge is 2.39. The van der Waals surface area contributed by atoms with Crippen LogP contribution in [0.5, 0.6) is 0 Å². The van der Waals surface area contributed by atoms with Gasteiger partial charge in [0, 0.05) is 6.07 Å². The van der Waals surface area contributed by atoms with E-state index in [2.05, 4.69) is 0 Å². The van der Waals surface area contributed by atoms with Gasteiger partial charge in [-0.25, -0.2) is 13.2 Å². The molecule has 0 N–H and O–H groups in total. The molecule has 0 aliphatic carbocycles. The highest BCUT2D eigenvalue weighted by Crippen LogP contribution is 2.33. The van der Waals surface area contributed by atoms with Crippen LogP contribution in [-0.4, -0.2) is 16.2 Å². The summed E-state index contributed by atoms with van der Waals surface area (Å²) in [6, 6.07) is 5.43. The molecule has 0 saturated carbocycles. The lowest BCUT2D eigenvalue weighted by atomic mass is 10.0. The van der Waals surface area contributed by atoms with E-state index in [9.17, 15) is 23.2 Å². The number of fused-ring (bicyclic) bond motifs is 1. The molecule has 106 valence electrons. The Balaban J connectivity index is 2.24. The minimum Gasteiger partial charge on any atom is -0.618 e. The summed E-state index contributed by atoms with van der Waals surface area (Å²) in [5, 5.41) is 12.2. The second-order valence-corrected chi connectivity index (χ2v) is 4.77. The van der Waals surface area contributed by atoms with Gasteiger partial charge in [-0.2, -0.15) is 4.74 Å². The van der Waals surface area contributed by atoms with Gasteiger partial charge in [-0.3, -0.25) is 4.79 Å². The van der Waals surface area contributed by atoms with Gasteiger partial charge in [0.2, 0.25) is 5.69 Å². The molecule has 0 unspecified atom stereocenters. The third kappa shape index (κ3) is 1.91. The maximum atomic E-state index is 13.3. The van der Waals surface area contributed by atoms with E-state index >= 15 is 0 Å². The first-order chi connectivity index (χ1) is 9.91. The summed E-state index contributed by atoms with van der Waals surface area (Å²) >= 11 is 5.86. The average Bonchev–Trinajstić information content (AvgIpc) is 2.69. The summed E-state index contributed by atoms with van der Waals surface area (Å²) in [6.45, 7) is 0. The molecule has 7 heteroatoms. The Hall–Kier alpha value is -2.34. The maximum absolute atomic E-state index is 13.3. The van der Waals surface area contributed by atoms with Crippen molar-refractivity contribution in [2.24, 2.45) is 0 Å². The van der Waals surface area contributed by atoms with Crippen LogP contribution in [0.15, 0.2) is 30.3 Å². The summed E-state index contributed by atoms with van der Waals surface area (Å²) in [6.07, 6.45) is 0. The number of carbonyl (C=O) groups is 1. The molecule has 2 aromatic rings. The molecule has 0 radical (unpaired) electrons. The highest BCUT2D eigenvalue weighted by atomic mass is 35.5. The lowest BCUT2D eigenvalue weighted by Gasteiger charge is -2.03. The summed E-state index contributed by atoms with van der Waals surface area (Å²) in [5.41, 5.74) is -0.920. The summed E-state index contributed by atoms with van der Waals surface area (Å²) in [4.78, 5) is 12.2. The predicted molar refractivity (Wildman–Crippen MR) is 69.5 cm³/mol. The lowest BCUT2D eigenvalue weighted by Crippen LogP contribution is -2.17. The number of hydrogen-bond acceptors (Lipinski definition) is 2. The van der Waals surface area contributed by atoms with Crippen molar-refractivity contribution in [3.8, 4) is 0 Å². The highest BCUT2D eigenvalue weighted by molar-refractivity contribution is 6.54. The smallest absolute Gasteiger partial charge is 0.273 e. The number of rotatable bonds is 1. The summed E-state index contributed by atoms with van der Waals surface area (Å²) < 4.78 is 39.7. The fourth-order valence-electron chi connectivity index (χ4n) is 2.18. The van der Waals surface area contributed by atoms with Crippen LogP contribution >= 0.6 is 11.6 Å². The molecule has 0 aromatic heterocycles. The molecule has 0 atom stereocenters. The number of carbonyl (C=O) groups excluding carboxylic acids is 1. The van der Waals surface area contributed by atoms with E-state index in [0.717, 1.165) is 0 Å². The zero-order valence-corrected chi connectivity index (χ0v) is 10.9. The molecule has 0 saturated heterocycles. The lowest BCUT2D eigenvalue weighted by molar-refractivity contribution is -0.355. The number of hydrogen-bond donors (Lipinski definition) is 0. The van der Waals surface area contributed by atoms with Gasteiger partial charge in [-0.15, -0.1) is 0 Å². The SMILES string of the molecule is O=C1C(c2cc(F)c(F)c(F)c2)=[N+]([O-])c2cccc(Cl)c21. The quantitative estimate of drug-likeness (QED) is 0.459. The van der Waals surface area contributed by atoms with E-state index < -0.39 is 28.9 Å². The first-order valence-electron chi connectivity index (χ1n) is 5.74. The minimum absolute atomic E-state index is 0.0207. The van der Waals surface area contributed by atoms with Gasteiger partial charge in [0.05, 0.1) is 10.6 Å². The van der Waals surface area contributed by atoms with Crippen LogP contribution in [0.4, 0.5) is 18.9 Å². The van der Waals surface area contributed by atoms with Crippen LogP contribution in [0.2, 0.25) is 5.02 Å². The molecular weight excluding hydrogens is 307 g/mol. The first-order valence-corrected chi connectivity index (χ1v) is 6.12. The van der Waals surface area contributed by atoms with Crippen molar-refractivity contribution in [2.75, 3.05) is 0 Å². The Bertz CT molecular complexity index is 810. The van der Waals surface area contributed by atoms with Gasteiger partial charge in [-0.1, -0.05) is 17.7 Å². The van der Waals surface area contributed by atoms with E-state index in [1.54, 1.807) is 0 Å². The van der Waals surface area contributed by atoms with E-state index in [1.165, 1.54) is 18.2 Å². The monoisotopic (exact) mass is 311 g/mol. The second kappa shape index (κ2) is 4.60. The zero-order valence-electron chi connectivity index (χ0n) is 10.2. The zero-order chi connectivity index (χ0) is 15.3. The van der Waals surface area contributed by atoms with Crippen molar-refractivity contribution in [3.63, 3.8) is 0 Å². The fourth-order valence-corrected chi connectivity index (χ4v) is 2.43. The third-order valence-electron chi connectivity index (χ3n) is 3.11. The maximum Gasteiger partial charge on any atom is 0.273 e. The molecule has 0 fully saturated rings. The summed E-state index contributed by atoms with van der Waals surface area (Å²) in [5.74, 6) is -5.41. The Morgan fingerprint density at radius 3 is 2.29 bits per heavy atom. The van der Waals surface area contributed by atoms with Crippen molar-refractivity contribution < 1.29 is 22.7 Å². The van der Waals surface area contributed by atoms with Gasteiger partial charge in [-0.05, 0) is 18.2 Å². The van der Waals surface area contributed by atoms with E-state index in [-0.39, 0.29) is 26.6 Å². The van der Waals surface area contributed by atoms with Crippen molar-refractivity contribution in [2.45, 2.75) is 0 Å². The third-order valence-corrected chi connectivity index (χ3v) is 3.43. The fraction of sp³-hybridized carbons (Fsp3) is 0. The van der Waals surface area contributed by atoms with E-state index in [0.29, 0.717) is 12.1 Å². The van der Waals surface area contributed by atoms with Crippen molar-refractivity contribution in [1.29, 1.82) is 0 Å². The van der Waals surface area contributed by atoms with Gasteiger partial charge < -0.3 is 5.21 Å². The molecule has 3 nitrogen and oxygen atoms in total. The van der Waals surface area contributed by atoms with Crippen LogP contribution in [0.1, 0.15) is 15.9 Å². The van der Waals surface area contributed by atoms with Gasteiger partial charge in [0.1, 0.15) is 5.56 Å². The number of Topliss-reactive ketones (excluding diaryl/α,β-unsaturated/α-hetero) is 1. The molecule has 0 amide bonds. The van der Waals surface area contributed by atoms with Gasteiger partial charge in [0.25, 0.3) is 11.5 Å². The standard InChI is InChI=1S/C14H5ClF3NO2/c15-7-2-1-3-10-11(7)14(20)13(19(10)21)6-4-8(16)12(18)9(17)5-6/h1-5H. The largest absolute Gasteiger partial charge is 0.618 e. The molecule has 21 heavy (non-hydrogen) atoms.